The van der Waals surface area contributed by atoms with E-state index in [1.54, 1.807) is 38.5 Å². The highest BCUT2D eigenvalue weighted by molar-refractivity contribution is 7.14. The quantitative estimate of drug-likeness (QED) is 0.515. The van der Waals surface area contributed by atoms with Crippen molar-refractivity contribution in [2.24, 2.45) is 0 Å². The fourth-order valence-corrected chi connectivity index (χ4v) is 4.57. The molecule has 0 bridgehead atoms. The molecular formula is C25H29N3O4S. The van der Waals surface area contributed by atoms with Crippen LogP contribution in [0, 0.1) is 0 Å². The normalized spacial score (nSPS) is 13.5. The van der Waals surface area contributed by atoms with Crippen LogP contribution in [-0.4, -0.2) is 42.7 Å². The Kier molecular flexibility index (Phi) is 7.15. The molecule has 3 aromatic rings. The molecule has 1 N–H and O–H groups in total. The van der Waals surface area contributed by atoms with Gasteiger partial charge in [-0.3, -0.25) is 15.0 Å². The molecule has 4 rings (SSSR count). The molecule has 0 radical (unpaired) electrons. The zero-order chi connectivity index (χ0) is 23.4. The lowest BCUT2D eigenvalue weighted by molar-refractivity contribution is 0.102. The fraction of sp³-hybridized carbons (Fsp3) is 0.360. The molecule has 2 aromatic carbocycles. The van der Waals surface area contributed by atoms with Crippen molar-refractivity contribution in [3.8, 4) is 17.2 Å². The summed E-state index contributed by atoms with van der Waals surface area (Å²) in [5.41, 5.74) is 4.05. The van der Waals surface area contributed by atoms with E-state index < -0.39 is 0 Å². The molecular weight excluding hydrogens is 438 g/mol. The van der Waals surface area contributed by atoms with Crippen molar-refractivity contribution in [1.29, 1.82) is 0 Å². The first-order valence-corrected chi connectivity index (χ1v) is 11.8. The number of thiazole rings is 1. The number of nitrogens with one attached hydrogen (secondary N) is 1. The van der Waals surface area contributed by atoms with E-state index in [1.807, 2.05) is 19.2 Å². The highest BCUT2D eigenvalue weighted by Crippen LogP contribution is 2.33. The van der Waals surface area contributed by atoms with Crippen molar-refractivity contribution in [1.82, 2.24) is 9.88 Å². The van der Waals surface area contributed by atoms with Gasteiger partial charge in [0.15, 0.2) is 16.6 Å². The minimum absolute atomic E-state index is 0.0941. The van der Waals surface area contributed by atoms with Crippen molar-refractivity contribution in [2.45, 2.75) is 39.5 Å². The van der Waals surface area contributed by atoms with Crippen molar-refractivity contribution < 1.29 is 19.0 Å². The van der Waals surface area contributed by atoms with Crippen LogP contribution in [0.2, 0.25) is 0 Å². The molecule has 7 nitrogen and oxygen atoms in total. The summed E-state index contributed by atoms with van der Waals surface area (Å²) >= 11 is 1.44. The summed E-state index contributed by atoms with van der Waals surface area (Å²) < 4.78 is 16.5. The Hall–Kier alpha value is -3.10. The third-order valence-electron chi connectivity index (χ3n) is 5.44. The number of hydrogen-bond donors (Lipinski definition) is 1. The van der Waals surface area contributed by atoms with Crippen molar-refractivity contribution in [2.75, 3.05) is 26.1 Å². The average molecular weight is 468 g/mol. The second-order valence-electron chi connectivity index (χ2n) is 8.23. The molecule has 174 valence electrons. The first-order valence-electron chi connectivity index (χ1n) is 10.9. The molecule has 8 heteroatoms. The van der Waals surface area contributed by atoms with Crippen LogP contribution < -0.4 is 19.5 Å². The van der Waals surface area contributed by atoms with Gasteiger partial charge in [-0.2, -0.15) is 0 Å². The summed E-state index contributed by atoms with van der Waals surface area (Å²) in [4.78, 5) is 19.5. The number of hydrogen-bond acceptors (Lipinski definition) is 7. The molecule has 33 heavy (non-hydrogen) atoms. The number of benzene rings is 2. The first kappa shape index (κ1) is 23.1. The smallest absolute Gasteiger partial charge is 0.257 e. The monoisotopic (exact) mass is 467 g/mol. The number of amides is 1. The van der Waals surface area contributed by atoms with Gasteiger partial charge >= 0.3 is 0 Å². The van der Waals surface area contributed by atoms with Gasteiger partial charge in [-0.1, -0.05) is 0 Å². The summed E-state index contributed by atoms with van der Waals surface area (Å²) in [5, 5.41) is 5.50. The SMILES string of the molecule is COc1cc2c(cc1OC)CN(Cc1csc(NC(=O)c3ccc(OC(C)C)cc3)n1)CC2. The van der Waals surface area contributed by atoms with Crippen molar-refractivity contribution in [3.63, 3.8) is 0 Å². The summed E-state index contributed by atoms with van der Waals surface area (Å²) in [5.74, 6) is 2.09. The van der Waals surface area contributed by atoms with Crippen LogP contribution in [0.4, 0.5) is 5.13 Å². The van der Waals surface area contributed by atoms with Gasteiger partial charge in [0, 0.05) is 30.6 Å². The number of fused-ring (bicyclic) bond motifs is 1. The molecule has 1 amide bonds. The Morgan fingerprint density at radius 1 is 1.12 bits per heavy atom. The lowest BCUT2D eigenvalue weighted by Crippen LogP contribution is -2.30. The lowest BCUT2D eigenvalue weighted by Gasteiger charge is -2.29. The molecule has 0 aliphatic carbocycles. The van der Waals surface area contributed by atoms with E-state index in [-0.39, 0.29) is 12.0 Å². The van der Waals surface area contributed by atoms with Gasteiger partial charge in [0.1, 0.15) is 5.75 Å². The Labute approximate surface area is 198 Å². The number of rotatable bonds is 8. The zero-order valence-electron chi connectivity index (χ0n) is 19.4. The van der Waals surface area contributed by atoms with E-state index in [4.69, 9.17) is 14.2 Å². The van der Waals surface area contributed by atoms with Crippen LogP contribution in [0.15, 0.2) is 41.8 Å². The minimum Gasteiger partial charge on any atom is -0.493 e. The number of anilines is 1. The van der Waals surface area contributed by atoms with Crippen LogP contribution in [0.3, 0.4) is 0 Å². The van der Waals surface area contributed by atoms with Crippen LogP contribution in [-0.2, 0) is 19.5 Å². The molecule has 0 spiro atoms. The first-order chi connectivity index (χ1) is 15.9. The number of ether oxygens (including phenoxy) is 3. The average Bonchev–Trinajstić information content (AvgIpc) is 3.24. The van der Waals surface area contributed by atoms with Crippen molar-refractivity contribution >= 4 is 22.4 Å². The third-order valence-corrected chi connectivity index (χ3v) is 6.25. The highest BCUT2D eigenvalue weighted by atomic mass is 32.1. The Morgan fingerprint density at radius 2 is 1.82 bits per heavy atom. The predicted molar refractivity (Wildman–Crippen MR) is 130 cm³/mol. The fourth-order valence-electron chi connectivity index (χ4n) is 3.87. The Balaban J connectivity index is 1.36. The maximum atomic E-state index is 12.6. The topological polar surface area (TPSA) is 72.9 Å². The predicted octanol–water partition coefficient (Wildman–Crippen LogP) is 4.76. The number of carbonyl (C=O) groups is 1. The number of nitrogens with zero attached hydrogens (tertiary/aromatic N) is 2. The molecule has 1 aliphatic heterocycles. The summed E-state index contributed by atoms with van der Waals surface area (Å²) in [6.45, 7) is 6.42. The molecule has 0 atom stereocenters. The molecule has 0 fully saturated rings. The van der Waals surface area contributed by atoms with Gasteiger partial charge in [-0.05, 0) is 67.8 Å². The maximum absolute atomic E-state index is 12.6. The Bertz CT molecular complexity index is 1110. The lowest BCUT2D eigenvalue weighted by atomic mass is 9.98. The molecule has 1 aliphatic rings. The summed E-state index contributed by atoms with van der Waals surface area (Å²) in [6.07, 6.45) is 1.04. The van der Waals surface area contributed by atoms with Crippen molar-refractivity contribution in [3.05, 3.63) is 64.2 Å². The molecule has 0 unspecified atom stereocenters. The second-order valence-corrected chi connectivity index (χ2v) is 9.08. The van der Waals surface area contributed by atoms with Crippen LogP contribution in [0.1, 0.15) is 41.0 Å². The standard InChI is InChI=1S/C25H29N3O4S/c1-16(2)32-21-7-5-17(6-8-21)24(29)27-25-26-20(15-33-25)14-28-10-9-18-11-22(30-3)23(31-4)12-19(18)13-28/h5-8,11-12,15-16H,9-10,13-14H2,1-4H3,(H,26,27,29). The number of aromatic nitrogens is 1. The summed E-state index contributed by atoms with van der Waals surface area (Å²) in [6, 6.07) is 11.3. The van der Waals surface area contributed by atoms with Gasteiger partial charge in [-0.25, -0.2) is 4.98 Å². The van der Waals surface area contributed by atoms with Gasteiger partial charge in [-0.15, -0.1) is 11.3 Å². The van der Waals surface area contributed by atoms with Crippen LogP contribution in [0.5, 0.6) is 17.2 Å². The molecule has 2 heterocycles. The Morgan fingerprint density at radius 3 is 2.48 bits per heavy atom. The maximum Gasteiger partial charge on any atom is 0.257 e. The second kappa shape index (κ2) is 10.2. The van der Waals surface area contributed by atoms with Gasteiger partial charge in [0.2, 0.25) is 0 Å². The molecule has 0 saturated heterocycles. The van der Waals surface area contributed by atoms with Gasteiger partial charge in [0.25, 0.3) is 5.91 Å². The third kappa shape index (κ3) is 5.64. The largest absolute Gasteiger partial charge is 0.493 e. The van der Waals surface area contributed by atoms with Crippen LogP contribution in [0.25, 0.3) is 0 Å². The van der Waals surface area contributed by atoms with E-state index in [0.717, 1.165) is 49.0 Å². The number of methoxy groups -OCH3 is 2. The highest BCUT2D eigenvalue weighted by Gasteiger charge is 2.20. The van der Waals surface area contributed by atoms with Gasteiger partial charge < -0.3 is 14.2 Å². The number of carbonyl (C=O) groups excluding carboxylic acids is 1. The molecule has 1 aromatic heterocycles. The van der Waals surface area contributed by atoms with E-state index in [1.165, 1.54) is 22.5 Å². The van der Waals surface area contributed by atoms with Crippen LogP contribution >= 0.6 is 11.3 Å². The zero-order valence-corrected chi connectivity index (χ0v) is 20.2. The van der Waals surface area contributed by atoms with Gasteiger partial charge in [0.05, 0.1) is 26.0 Å². The van der Waals surface area contributed by atoms with E-state index in [0.29, 0.717) is 10.7 Å². The summed E-state index contributed by atoms with van der Waals surface area (Å²) in [7, 11) is 3.32. The van der Waals surface area contributed by atoms with E-state index in [2.05, 4.69) is 27.3 Å². The molecule has 0 saturated carbocycles. The van der Waals surface area contributed by atoms with E-state index in [9.17, 15) is 4.79 Å². The minimum atomic E-state index is -0.181. The van der Waals surface area contributed by atoms with E-state index >= 15 is 0 Å².